The lowest BCUT2D eigenvalue weighted by Gasteiger charge is -2.23. The predicted molar refractivity (Wildman–Crippen MR) is 110 cm³/mol. The van der Waals surface area contributed by atoms with Crippen molar-refractivity contribution in [1.82, 2.24) is 9.47 Å². The fourth-order valence-electron chi connectivity index (χ4n) is 3.42. The molecule has 0 spiro atoms. The fourth-order valence-corrected chi connectivity index (χ4v) is 4.68. The molecule has 0 radical (unpaired) electrons. The number of hydrogen-bond acceptors (Lipinski definition) is 7. The van der Waals surface area contributed by atoms with Gasteiger partial charge in [-0.25, -0.2) is 0 Å². The Hall–Kier alpha value is -0.980. The Bertz CT molecular complexity index is 894. The molecular weight excluding hydrogens is 487 g/mol. The highest BCUT2D eigenvalue weighted by atomic mass is 127. The van der Waals surface area contributed by atoms with E-state index >= 15 is 0 Å². The van der Waals surface area contributed by atoms with E-state index in [0.29, 0.717) is 22.1 Å². The first-order chi connectivity index (χ1) is 12.5. The Labute approximate surface area is 173 Å². The third-order valence-electron chi connectivity index (χ3n) is 4.57. The van der Waals surface area contributed by atoms with Crippen molar-refractivity contribution in [2.24, 2.45) is 0 Å². The number of Topliss-reactive ketones (excluding diaryl/α,β-unsaturated/α-hetero) is 1. The maximum Gasteiger partial charge on any atom is 0.264 e. The number of carbonyl (C=O) groups is 1. The second-order valence-electron chi connectivity index (χ2n) is 6.81. The summed E-state index contributed by atoms with van der Waals surface area (Å²) < 4.78 is 35.6. The van der Waals surface area contributed by atoms with Gasteiger partial charge in [-0.3, -0.25) is 13.8 Å². The first kappa shape index (κ1) is 22.3. The van der Waals surface area contributed by atoms with E-state index in [9.17, 15) is 18.0 Å². The van der Waals surface area contributed by atoms with Crippen LogP contribution in [0.2, 0.25) is 0 Å². The van der Waals surface area contributed by atoms with Crippen LogP contribution in [0.4, 0.5) is 0 Å². The van der Waals surface area contributed by atoms with Crippen LogP contribution in [0.25, 0.3) is 0 Å². The molecule has 8 nitrogen and oxygen atoms in total. The van der Waals surface area contributed by atoms with Crippen molar-refractivity contribution in [3.8, 4) is 5.75 Å². The number of methoxy groups -OCH3 is 1. The van der Waals surface area contributed by atoms with Crippen LogP contribution in [0.3, 0.4) is 0 Å². The average molecular weight is 512 g/mol. The number of rotatable bonds is 8. The molecule has 0 aromatic carbocycles. The summed E-state index contributed by atoms with van der Waals surface area (Å²) in [5, 5.41) is 0. The van der Waals surface area contributed by atoms with Gasteiger partial charge in [-0.05, 0) is 49.5 Å². The Morgan fingerprint density at radius 3 is 2.48 bits per heavy atom. The largest absolute Gasteiger partial charge is 0.491 e. The van der Waals surface area contributed by atoms with Crippen molar-refractivity contribution in [3.05, 3.63) is 25.2 Å². The normalized spacial score (nSPS) is 19.4. The molecule has 0 aliphatic carbocycles. The third kappa shape index (κ3) is 4.54. The van der Waals surface area contributed by atoms with Crippen LogP contribution in [0.5, 0.6) is 5.75 Å². The first-order valence-electron chi connectivity index (χ1n) is 8.59. The topological polar surface area (TPSA) is 94.9 Å². The Kier molecular flexibility index (Phi) is 7.09. The van der Waals surface area contributed by atoms with Gasteiger partial charge in [0.15, 0.2) is 11.5 Å². The molecule has 1 aromatic rings. The smallest absolute Gasteiger partial charge is 0.264 e. The lowest BCUT2D eigenvalue weighted by Crippen LogP contribution is -2.28. The second-order valence-corrected chi connectivity index (χ2v) is 9.53. The summed E-state index contributed by atoms with van der Waals surface area (Å²) in [5.41, 5.74) is 0.583. The SMILES string of the molecule is CCCC(=O)c1c(OC)c(=O)c(I)c2n1[C@H](COS(C)(=O)=O)C[C@H]2N(C)C. The number of hydrogen-bond donors (Lipinski definition) is 0. The summed E-state index contributed by atoms with van der Waals surface area (Å²) in [6.45, 7) is 1.78. The van der Waals surface area contributed by atoms with Gasteiger partial charge < -0.3 is 14.2 Å². The summed E-state index contributed by atoms with van der Waals surface area (Å²) in [6, 6.07) is -0.544. The molecule has 0 fully saturated rings. The maximum absolute atomic E-state index is 12.9. The summed E-state index contributed by atoms with van der Waals surface area (Å²) in [4.78, 5) is 27.6. The molecule has 2 heterocycles. The van der Waals surface area contributed by atoms with Crippen LogP contribution in [0, 0.1) is 3.57 Å². The number of carbonyl (C=O) groups excluding carboxylic acids is 1. The van der Waals surface area contributed by atoms with Gasteiger partial charge in [-0.2, -0.15) is 8.42 Å². The lowest BCUT2D eigenvalue weighted by atomic mass is 10.1. The summed E-state index contributed by atoms with van der Waals surface area (Å²) in [6.07, 6.45) is 2.41. The predicted octanol–water partition coefficient (Wildman–Crippen LogP) is 1.97. The molecule has 1 aliphatic heterocycles. The summed E-state index contributed by atoms with van der Waals surface area (Å²) >= 11 is 1.97. The number of pyridine rings is 1. The number of ketones is 1. The molecule has 152 valence electrons. The standard InChI is InChI=1S/C17H25IN2O6S/c1-6-7-12(21)15-17(25-4)16(22)13(18)14-11(19(2)3)8-10(20(14)15)9-26-27(5,23)24/h10-11H,6-9H2,1-5H3/t10-,11+/m0/s1. The zero-order valence-electron chi connectivity index (χ0n) is 16.1. The van der Waals surface area contributed by atoms with Gasteiger partial charge in [0, 0.05) is 6.42 Å². The number of nitrogens with zero attached hydrogens (tertiary/aromatic N) is 2. The Balaban J connectivity index is 2.76. The van der Waals surface area contributed by atoms with Crippen molar-refractivity contribution in [2.75, 3.05) is 34.1 Å². The third-order valence-corrected chi connectivity index (χ3v) is 6.17. The molecule has 27 heavy (non-hydrogen) atoms. The molecule has 2 rings (SSSR count). The van der Waals surface area contributed by atoms with Crippen molar-refractivity contribution >= 4 is 38.5 Å². The molecule has 0 saturated carbocycles. The molecule has 1 aliphatic rings. The first-order valence-corrected chi connectivity index (χ1v) is 11.5. The monoisotopic (exact) mass is 512 g/mol. The summed E-state index contributed by atoms with van der Waals surface area (Å²) in [5.74, 6) is -0.196. The van der Waals surface area contributed by atoms with Crippen LogP contribution >= 0.6 is 22.6 Å². The minimum absolute atomic E-state index is 0.00496. The van der Waals surface area contributed by atoms with Gasteiger partial charge in [0.25, 0.3) is 10.1 Å². The van der Waals surface area contributed by atoms with Crippen LogP contribution in [-0.2, 0) is 14.3 Å². The second kappa shape index (κ2) is 8.58. The van der Waals surface area contributed by atoms with E-state index in [0.717, 1.165) is 6.26 Å². The molecule has 0 saturated heterocycles. The number of fused-ring (bicyclic) bond motifs is 1. The Morgan fingerprint density at radius 1 is 1.37 bits per heavy atom. The van der Waals surface area contributed by atoms with Crippen molar-refractivity contribution < 1.29 is 22.1 Å². The minimum Gasteiger partial charge on any atom is -0.491 e. The van der Waals surface area contributed by atoms with Crippen molar-refractivity contribution in [1.29, 1.82) is 0 Å². The highest BCUT2D eigenvalue weighted by Crippen LogP contribution is 2.42. The molecule has 2 atom stereocenters. The van der Waals surface area contributed by atoms with E-state index in [1.807, 2.05) is 48.5 Å². The van der Waals surface area contributed by atoms with E-state index in [4.69, 9.17) is 8.92 Å². The molecule has 1 aromatic heterocycles. The zero-order chi connectivity index (χ0) is 20.5. The molecular formula is C17H25IN2O6S. The van der Waals surface area contributed by atoms with E-state index < -0.39 is 16.2 Å². The molecule has 10 heteroatoms. The average Bonchev–Trinajstić information content (AvgIpc) is 2.95. The van der Waals surface area contributed by atoms with Gasteiger partial charge in [-0.15, -0.1) is 0 Å². The van der Waals surface area contributed by atoms with E-state index in [2.05, 4.69) is 0 Å². The number of aromatic nitrogens is 1. The van der Waals surface area contributed by atoms with Gasteiger partial charge in [0.05, 0.1) is 41.3 Å². The van der Waals surface area contributed by atoms with E-state index in [1.165, 1.54) is 7.11 Å². The summed E-state index contributed by atoms with van der Waals surface area (Å²) in [7, 11) is 1.49. The number of halogens is 1. The molecule has 0 N–H and O–H groups in total. The molecule has 0 amide bonds. The highest BCUT2D eigenvalue weighted by Gasteiger charge is 2.39. The maximum atomic E-state index is 12.9. The molecule has 0 unspecified atom stereocenters. The minimum atomic E-state index is -3.64. The number of ether oxygens (including phenoxy) is 1. The van der Waals surface area contributed by atoms with Crippen molar-refractivity contribution in [3.63, 3.8) is 0 Å². The quantitative estimate of drug-likeness (QED) is 0.299. The lowest BCUT2D eigenvalue weighted by molar-refractivity contribution is 0.0964. The zero-order valence-corrected chi connectivity index (χ0v) is 19.1. The van der Waals surface area contributed by atoms with Crippen LogP contribution in [0.15, 0.2) is 4.79 Å². The fraction of sp³-hybridized carbons (Fsp3) is 0.647. The van der Waals surface area contributed by atoms with Gasteiger partial charge in [-0.1, -0.05) is 6.92 Å². The van der Waals surface area contributed by atoms with Crippen LogP contribution in [0.1, 0.15) is 54.5 Å². The van der Waals surface area contributed by atoms with Gasteiger partial charge in [0.2, 0.25) is 5.43 Å². The molecule has 0 bridgehead atoms. The van der Waals surface area contributed by atoms with Crippen molar-refractivity contribution in [2.45, 2.75) is 38.3 Å². The van der Waals surface area contributed by atoms with Crippen LogP contribution < -0.4 is 10.2 Å². The van der Waals surface area contributed by atoms with E-state index in [1.54, 1.807) is 4.57 Å². The van der Waals surface area contributed by atoms with Gasteiger partial charge >= 0.3 is 0 Å². The van der Waals surface area contributed by atoms with Gasteiger partial charge in [0.1, 0.15) is 5.69 Å². The Morgan fingerprint density at radius 2 is 2.00 bits per heavy atom. The van der Waals surface area contributed by atoms with E-state index in [-0.39, 0.29) is 41.7 Å². The highest BCUT2D eigenvalue weighted by molar-refractivity contribution is 14.1. The van der Waals surface area contributed by atoms with Crippen LogP contribution in [-0.4, -0.2) is 57.7 Å².